The van der Waals surface area contributed by atoms with Crippen molar-refractivity contribution in [3.05, 3.63) is 51.0 Å². The maximum absolute atomic E-state index is 13.1. The smallest absolute Gasteiger partial charge is 0.265 e. The van der Waals surface area contributed by atoms with Crippen molar-refractivity contribution in [2.75, 3.05) is 5.32 Å². The second kappa shape index (κ2) is 10.6. The van der Waals surface area contributed by atoms with E-state index in [4.69, 9.17) is 27.9 Å². The van der Waals surface area contributed by atoms with Crippen LogP contribution in [0.25, 0.3) is 0 Å². The summed E-state index contributed by atoms with van der Waals surface area (Å²) in [6.45, 7) is 16.8. The highest BCUT2D eigenvalue weighted by molar-refractivity contribution is 6.37. The molecule has 0 aliphatic carbocycles. The number of benzene rings is 2. The molecule has 0 saturated heterocycles. The van der Waals surface area contributed by atoms with Gasteiger partial charge in [-0.1, -0.05) is 90.7 Å². The van der Waals surface area contributed by atoms with E-state index in [1.807, 2.05) is 19.9 Å². The molecule has 0 spiro atoms. The number of carbonyl (C=O) groups is 1. The summed E-state index contributed by atoms with van der Waals surface area (Å²) in [4.78, 5) is 13.1. The Labute approximate surface area is 208 Å². The van der Waals surface area contributed by atoms with Gasteiger partial charge in [-0.05, 0) is 53.4 Å². The third kappa shape index (κ3) is 6.16. The van der Waals surface area contributed by atoms with Crippen LogP contribution >= 0.6 is 23.2 Å². The maximum Gasteiger partial charge on any atom is 0.265 e. The average molecular weight is 495 g/mol. The molecule has 0 saturated carbocycles. The molecule has 2 N–H and O–H groups in total. The fourth-order valence-electron chi connectivity index (χ4n) is 3.57. The third-order valence-electron chi connectivity index (χ3n) is 6.29. The van der Waals surface area contributed by atoms with Gasteiger partial charge in [-0.25, -0.2) is 0 Å². The number of rotatable bonds is 8. The van der Waals surface area contributed by atoms with Gasteiger partial charge in [-0.2, -0.15) is 0 Å². The zero-order valence-corrected chi connectivity index (χ0v) is 22.5. The summed E-state index contributed by atoms with van der Waals surface area (Å²) in [7, 11) is 0. The second-order valence-electron chi connectivity index (χ2n) is 10.1. The minimum Gasteiger partial charge on any atom is -0.504 e. The third-order valence-corrected chi connectivity index (χ3v) is 7.03. The molecule has 2 aromatic carbocycles. The fraction of sp³-hybridized carbons (Fsp3) is 0.519. The van der Waals surface area contributed by atoms with Crippen molar-refractivity contribution in [1.82, 2.24) is 0 Å². The number of halogens is 2. The first-order chi connectivity index (χ1) is 15.3. The van der Waals surface area contributed by atoms with Crippen molar-refractivity contribution in [2.24, 2.45) is 0 Å². The number of nitrogens with one attached hydrogen (secondary N) is 1. The largest absolute Gasteiger partial charge is 0.504 e. The lowest BCUT2D eigenvalue weighted by Crippen LogP contribution is -2.33. The molecule has 0 bridgehead atoms. The molecule has 6 heteroatoms. The van der Waals surface area contributed by atoms with E-state index in [-0.39, 0.29) is 33.2 Å². The van der Waals surface area contributed by atoms with Crippen LogP contribution in [-0.4, -0.2) is 17.1 Å². The molecule has 1 unspecified atom stereocenters. The van der Waals surface area contributed by atoms with Crippen LogP contribution in [-0.2, 0) is 22.0 Å². The molecule has 1 atom stereocenters. The number of amides is 1. The van der Waals surface area contributed by atoms with Crippen molar-refractivity contribution in [3.8, 4) is 11.5 Å². The Hall–Kier alpha value is -1.91. The number of aromatic hydroxyl groups is 1. The van der Waals surface area contributed by atoms with Crippen LogP contribution in [0.1, 0.15) is 84.9 Å². The summed E-state index contributed by atoms with van der Waals surface area (Å²) < 4.78 is 6.27. The van der Waals surface area contributed by atoms with Gasteiger partial charge in [0.1, 0.15) is 5.75 Å². The van der Waals surface area contributed by atoms with E-state index in [0.717, 1.165) is 12.0 Å². The van der Waals surface area contributed by atoms with Crippen molar-refractivity contribution in [1.29, 1.82) is 0 Å². The number of phenolic OH excluding ortho intramolecular Hbond substituents is 1. The number of ether oxygens (including phenoxy) is 1. The monoisotopic (exact) mass is 493 g/mol. The first-order valence-corrected chi connectivity index (χ1v) is 12.3. The molecule has 0 heterocycles. The van der Waals surface area contributed by atoms with Crippen LogP contribution in [0, 0.1) is 0 Å². The summed E-state index contributed by atoms with van der Waals surface area (Å²) in [6.07, 6.45) is 1.20. The SMILES string of the molecule is CCc1c(Cl)cc(NC(=O)C(CC)Oc2ccc(C(C)(C)C)cc2C(C)(C)CC)c(O)c1Cl. The van der Waals surface area contributed by atoms with Gasteiger partial charge in [0.05, 0.1) is 10.7 Å². The first kappa shape index (κ1) is 27.3. The van der Waals surface area contributed by atoms with Crippen molar-refractivity contribution in [3.63, 3.8) is 0 Å². The Morgan fingerprint density at radius 2 is 1.73 bits per heavy atom. The Bertz CT molecular complexity index is 1010. The summed E-state index contributed by atoms with van der Waals surface area (Å²) >= 11 is 12.5. The molecular weight excluding hydrogens is 457 g/mol. The number of phenols is 1. The van der Waals surface area contributed by atoms with Crippen LogP contribution in [0.4, 0.5) is 5.69 Å². The Morgan fingerprint density at radius 3 is 2.24 bits per heavy atom. The fourth-order valence-corrected chi connectivity index (χ4v) is 4.30. The van der Waals surface area contributed by atoms with Crippen LogP contribution < -0.4 is 10.1 Å². The summed E-state index contributed by atoms with van der Waals surface area (Å²) in [5, 5.41) is 13.8. The van der Waals surface area contributed by atoms with Crippen LogP contribution in [0.5, 0.6) is 11.5 Å². The average Bonchev–Trinajstić information content (AvgIpc) is 2.75. The van der Waals surface area contributed by atoms with Gasteiger partial charge in [0.2, 0.25) is 0 Å². The molecule has 1 amide bonds. The maximum atomic E-state index is 13.1. The molecular formula is C27H37Cl2NO3. The second-order valence-corrected chi connectivity index (χ2v) is 10.9. The standard InChI is InChI=1S/C27H37Cl2NO3/c1-9-17-19(28)15-20(24(31)23(17)29)30-25(32)21(10-2)33-22-13-12-16(26(4,5)6)14-18(22)27(7,8)11-3/h12-15,21,31H,9-11H2,1-8H3,(H,30,32). The molecule has 182 valence electrons. The predicted octanol–water partition coefficient (Wildman–Crippen LogP) is 8.04. The molecule has 0 aliphatic rings. The molecule has 0 aliphatic heterocycles. The number of anilines is 1. The molecule has 0 aromatic heterocycles. The number of hydrogen-bond donors (Lipinski definition) is 2. The van der Waals surface area contributed by atoms with Crippen LogP contribution in [0.3, 0.4) is 0 Å². The normalized spacial score (nSPS) is 13.0. The van der Waals surface area contributed by atoms with Gasteiger partial charge >= 0.3 is 0 Å². The minimum absolute atomic E-state index is 0.000646. The van der Waals surface area contributed by atoms with E-state index in [1.54, 1.807) is 0 Å². The van der Waals surface area contributed by atoms with Crippen molar-refractivity contribution in [2.45, 2.75) is 91.6 Å². The van der Waals surface area contributed by atoms with Crippen LogP contribution in [0.2, 0.25) is 10.0 Å². The lowest BCUT2D eigenvalue weighted by Gasteiger charge is -2.30. The summed E-state index contributed by atoms with van der Waals surface area (Å²) in [6, 6.07) is 7.74. The van der Waals surface area contributed by atoms with Gasteiger partial charge in [-0.3, -0.25) is 4.79 Å². The van der Waals surface area contributed by atoms with Gasteiger partial charge in [0.15, 0.2) is 11.9 Å². The lowest BCUT2D eigenvalue weighted by molar-refractivity contribution is -0.122. The summed E-state index contributed by atoms with van der Waals surface area (Å²) in [5.41, 5.74) is 2.98. The molecule has 0 fully saturated rings. The molecule has 33 heavy (non-hydrogen) atoms. The molecule has 4 nitrogen and oxygen atoms in total. The van der Waals surface area contributed by atoms with E-state index in [1.165, 1.54) is 11.6 Å². The van der Waals surface area contributed by atoms with Gasteiger partial charge in [0, 0.05) is 10.6 Å². The van der Waals surface area contributed by atoms with E-state index in [9.17, 15) is 9.90 Å². The van der Waals surface area contributed by atoms with Crippen LogP contribution in [0.15, 0.2) is 24.3 Å². The highest BCUT2D eigenvalue weighted by atomic mass is 35.5. The topological polar surface area (TPSA) is 58.6 Å². The molecule has 2 aromatic rings. The zero-order chi connectivity index (χ0) is 25.1. The minimum atomic E-state index is -0.750. The van der Waals surface area contributed by atoms with Crippen molar-refractivity contribution < 1.29 is 14.6 Å². The quantitative estimate of drug-likeness (QED) is 0.365. The first-order valence-electron chi connectivity index (χ1n) is 11.6. The summed E-state index contributed by atoms with van der Waals surface area (Å²) in [5.74, 6) is 0.131. The number of hydrogen-bond acceptors (Lipinski definition) is 3. The predicted molar refractivity (Wildman–Crippen MR) is 139 cm³/mol. The Kier molecular flexibility index (Phi) is 8.75. The van der Waals surface area contributed by atoms with E-state index in [2.05, 4.69) is 59.0 Å². The highest BCUT2D eigenvalue weighted by Gasteiger charge is 2.28. The van der Waals surface area contributed by atoms with Gasteiger partial charge < -0.3 is 15.2 Å². The Balaban J connectivity index is 2.39. The van der Waals surface area contributed by atoms with E-state index < -0.39 is 6.10 Å². The van der Waals surface area contributed by atoms with E-state index in [0.29, 0.717) is 29.2 Å². The zero-order valence-electron chi connectivity index (χ0n) is 21.0. The molecule has 0 radical (unpaired) electrons. The van der Waals surface area contributed by atoms with Crippen molar-refractivity contribution >= 4 is 34.8 Å². The Morgan fingerprint density at radius 1 is 1.09 bits per heavy atom. The number of carbonyl (C=O) groups excluding carboxylic acids is 1. The van der Waals surface area contributed by atoms with E-state index >= 15 is 0 Å². The highest BCUT2D eigenvalue weighted by Crippen LogP contribution is 2.40. The lowest BCUT2D eigenvalue weighted by atomic mass is 9.78. The van der Waals surface area contributed by atoms with Gasteiger partial charge in [-0.15, -0.1) is 0 Å². The molecule has 2 rings (SSSR count). The van der Waals surface area contributed by atoms with Gasteiger partial charge in [0.25, 0.3) is 5.91 Å².